The van der Waals surface area contributed by atoms with Gasteiger partial charge in [0, 0.05) is 31.6 Å². The van der Waals surface area contributed by atoms with E-state index in [0.29, 0.717) is 58.3 Å². The van der Waals surface area contributed by atoms with Gasteiger partial charge in [-0.05, 0) is 50.2 Å². The Hall–Kier alpha value is -4.27. The molecule has 1 aromatic carbocycles. The van der Waals surface area contributed by atoms with Gasteiger partial charge in [-0.25, -0.2) is 4.79 Å². The number of ether oxygens (including phenoxy) is 5. The Morgan fingerprint density at radius 2 is 1.44 bits per heavy atom. The van der Waals surface area contributed by atoms with Crippen LogP contribution >= 0.6 is 0 Å². The number of carbonyl (C=O) groups excluding carboxylic acids is 5. The van der Waals surface area contributed by atoms with E-state index in [9.17, 15) is 24.0 Å². The molecule has 54 heavy (non-hydrogen) atoms. The van der Waals surface area contributed by atoms with Crippen molar-refractivity contribution in [3.05, 3.63) is 30.3 Å². The number of urea groups is 1. The van der Waals surface area contributed by atoms with Crippen LogP contribution in [0.2, 0.25) is 0 Å². The molecular formula is C38H60N6O10. The fraction of sp³-hybridized carbons (Fsp3) is 0.658. The summed E-state index contributed by atoms with van der Waals surface area (Å²) in [6.07, 6.45) is 5.56. The third kappa shape index (κ3) is 22.7. The molecule has 1 unspecified atom stereocenters. The number of para-hydroxylation sites is 1. The van der Waals surface area contributed by atoms with Crippen LogP contribution in [0, 0.1) is 17.8 Å². The molecule has 16 heteroatoms. The zero-order valence-electron chi connectivity index (χ0n) is 31.8. The Balaban J connectivity index is 1.52. The molecule has 1 aromatic rings. The minimum Gasteiger partial charge on any atom is -0.379 e. The van der Waals surface area contributed by atoms with Gasteiger partial charge < -0.3 is 56.0 Å². The quantitative estimate of drug-likeness (QED) is 0.0536. The number of primary amides is 1. The first kappa shape index (κ1) is 45.9. The average molecular weight is 761 g/mol. The topological polar surface area (TPSA) is 218 Å². The lowest BCUT2D eigenvalue weighted by Gasteiger charge is -2.25. The lowest BCUT2D eigenvalue weighted by atomic mass is 10.0. The molecule has 1 aliphatic carbocycles. The first-order valence-corrected chi connectivity index (χ1v) is 18.8. The molecule has 0 aromatic heterocycles. The smallest absolute Gasteiger partial charge is 0.312 e. The standard InChI is InChI=1S/C38H60N6O10/c1-29(2)35(37(48)43-32(16-11-18-41-38(39)49)36(47)42-30-12-7-6-8-13-30)44-33(45)17-20-50-22-24-52-26-27-53-25-23-51-21-19-40-34(46)28-54-31-14-9-4-3-5-10-15-31/h6-8,12-13,29,31-32,35H,3-5,9,11,14,16-28H2,1-2H3,(H,40,46)(H,42,47)(H,43,48)(H,44,45)(H3,39,41,49)/t31?,32-,35-/m0/s1. The Labute approximate surface area is 319 Å². The predicted molar refractivity (Wildman–Crippen MR) is 202 cm³/mol. The molecule has 0 aliphatic heterocycles. The lowest BCUT2D eigenvalue weighted by Crippen LogP contribution is -2.54. The van der Waals surface area contributed by atoms with Gasteiger partial charge in [-0.1, -0.05) is 44.4 Å². The second-order valence-electron chi connectivity index (χ2n) is 12.9. The van der Waals surface area contributed by atoms with E-state index < -0.39 is 29.9 Å². The van der Waals surface area contributed by atoms with Crippen molar-refractivity contribution in [1.82, 2.24) is 21.3 Å². The molecule has 1 aliphatic rings. The summed E-state index contributed by atoms with van der Waals surface area (Å²) >= 11 is 0. The van der Waals surface area contributed by atoms with Gasteiger partial charge >= 0.3 is 6.03 Å². The third-order valence-electron chi connectivity index (χ3n) is 8.01. The Bertz CT molecular complexity index is 1310. The highest BCUT2D eigenvalue weighted by molar-refractivity contribution is 5.98. The van der Waals surface area contributed by atoms with Crippen molar-refractivity contribution in [3.8, 4) is 11.8 Å². The van der Waals surface area contributed by atoms with E-state index in [1.165, 1.54) is 0 Å². The summed E-state index contributed by atoms with van der Waals surface area (Å²) in [6, 6.07) is 6.34. The Kier molecular flexibility index (Phi) is 24.8. The number of hydrogen-bond acceptors (Lipinski definition) is 10. The minimum absolute atomic E-state index is 0.00945. The van der Waals surface area contributed by atoms with Gasteiger partial charge in [-0.3, -0.25) is 19.2 Å². The molecule has 302 valence electrons. The molecule has 0 bridgehead atoms. The van der Waals surface area contributed by atoms with Crippen molar-refractivity contribution < 1.29 is 47.7 Å². The maximum Gasteiger partial charge on any atom is 0.312 e. The zero-order valence-corrected chi connectivity index (χ0v) is 31.8. The van der Waals surface area contributed by atoms with Gasteiger partial charge in [0.1, 0.15) is 24.8 Å². The number of benzene rings is 1. The number of anilines is 1. The highest BCUT2D eigenvalue weighted by atomic mass is 16.6. The van der Waals surface area contributed by atoms with Crippen LogP contribution in [-0.4, -0.2) is 120 Å². The van der Waals surface area contributed by atoms with E-state index in [0.717, 1.165) is 32.1 Å². The summed E-state index contributed by atoms with van der Waals surface area (Å²) in [6.45, 7) is 6.79. The number of nitrogens with two attached hydrogens (primary N) is 1. The summed E-state index contributed by atoms with van der Waals surface area (Å²) in [7, 11) is 0. The van der Waals surface area contributed by atoms with Crippen LogP contribution in [0.1, 0.15) is 65.2 Å². The monoisotopic (exact) mass is 760 g/mol. The molecule has 0 spiro atoms. The summed E-state index contributed by atoms with van der Waals surface area (Å²) in [5, 5.41) is 13.5. The summed E-state index contributed by atoms with van der Waals surface area (Å²) in [5.74, 6) is 4.43. The molecule has 7 N–H and O–H groups in total. The van der Waals surface area contributed by atoms with E-state index in [2.05, 4.69) is 38.4 Å². The first-order chi connectivity index (χ1) is 26.2. The minimum atomic E-state index is -0.916. The second-order valence-corrected chi connectivity index (χ2v) is 12.9. The van der Waals surface area contributed by atoms with E-state index in [-0.39, 0.29) is 63.0 Å². The number of amides is 6. The van der Waals surface area contributed by atoms with Gasteiger partial charge in [-0.2, -0.15) is 0 Å². The number of hydrogen-bond donors (Lipinski definition) is 6. The molecule has 16 nitrogen and oxygen atoms in total. The van der Waals surface area contributed by atoms with Crippen LogP contribution in [0.4, 0.5) is 10.5 Å². The molecule has 0 saturated carbocycles. The Morgan fingerprint density at radius 1 is 0.778 bits per heavy atom. The molecule has 0 heterocycles. The second kappa shape index (κ2) is 29.1. The molecule has 6 amide bonds. The summed E-state index contributed by atoms with van der Waals surface area (Å²) in [4.78, 5) is 61.9. The van der Waals surface area contributed by atoms with E-state index in [1.54, 1.807) is 38.1 Å². The zero-order chi connectivity index (χ0) is 39.2. The molecule has 0 saturated heterocycles. The highest BCUT2D eigenvalue weighted by Gasteiger charge is 2.28. The van der Waals surface area contributed by atoms with Crippen molar-refractivity contribution in [2.24, 2.45) is 11.7 Å². The van der Waals surface area contributed by atoms with Gasteiger partial charge in [0.25, 0.3) is 0 Å². The van der Waals surface area contributed by atoms with Crippen LogP contribution in [0.15, 0.2) is 30.3 Å². The number of rotatable bonds is 28. The van der Waals surface area contributed by atoms with Crippen molar-refractivity contribution in [3.63, 3.8) is 0 Å². The number of nitrogens with one attached hydrogen (secondary N) is 5. The van der Waals surface area contributed by atoms with E-state index in [1.807, 2.05) is 6.07 Å². The number of carbonyl (C=O) groups is 5. The van der Waals surface area contributed by atoms with Crippen molar-refractivity contribution in [2.45, 2.75) is 83.4 Å². The lowest BCUT2D eigenvalue weighted by molar-refractivity contribution is -0.132. The molecule has 0 radical (unpaired) electrons. The van der Waals surface area contributed by atoms with Crippen LogP contribution in [0.3, 0.4) is 0 Å². The van der Waals surface area contributed by atoms with Crippen LogP contribution in [0.5, 0.6) is 0 Å². The fourth-order valence-electron chi connectivity index (χ4n) is 5.10. The molecule has 0 fully saturated rings. The highest BCUT2D eigenvalue weighted by Crippen LogP contribution is 2.11. The van der Waals surface area contributed by atoms with Gasteiger partial charge in [-0.15, -0.1) is 5.92 Å². The van der Waals surface area contributed by atoms with Gasteiger partial charge in [0.2, 0.25) is 23.6 Å². The van der Waals surface area contributed by atoms with E-state index >= 15 is 0 Å². The SMILES string of the molecule is CC(C)[C@H](NC(=O)CCOCCOCCOCCOCCNC(=O)COC1C#CCCCCC1)C(=O)N[C@@H](CCCNC(N)=O)C(=O)Nc1ccccc1. The third-order valence-corrected chi connectivity index (χ3v) is 8.01. The summed E-state index contributed by atoms with van der Waals surface area (Å²) in [5.41, 5.74) is 5.69. The largest absolute Gasteiger partial charge is 0.379 e. The summed E-state index contributed by atoms with van der Waals surface area (Å²) < 4.78 is 27.6. The van der Waals surface area contributed by atoms with Crippen molar-refractivity contribution in [1.29, 1.82) is 0 Å². The maximum atomic E-state index is 13.2. The molecular weight excluding hydrogens is 700 g/mol. The Morgan fingerprint density at radius 3 is 2.11 bits per heavy atom. The van der Waals surface area contributed by atoms with Crippen molar-refractivity contribution in [2.75, 3.05) is 77.9 Å². The average Bonchev–Trinajstić information content (AvgIpc) is 3.13. The predicted octanol–water partition coefficient (Wildman–Crippen LogP) is 1.62. The normalized spacial score (nSPS) is 15.1. The molecule has 3 atom stereocenters. The van der Waals surface area contributed by atoms with Crippen LogP contribution in [-0.2, 0) is 42.9 Å². The first-order valence-electron chi connectivity index (χ1n) is 18.8. The van der Waals surface area contributed by atoms with Crippen LogP contribution in [0.25, 0.3) is 0 Å². The van der Waals surface area contributed by atoms with E-state index in [4.69, 9.17) is 29.4 Å². The van der Waals surface area contributed by atoms with Gasteiger partial charge in [0.15, 0.2) is 0 Å². The maximum absolute atomic E-state index is 13.2. The molecule has 2 rings (SSSR count). The van der Waals surface area contributed by atoms with Gasteiger partial charge in [0.05, 0.1) is 52.9 Å². The van der Waals surface area contributed by atoms with Crippen LogP contribution < -0.4 is 32.3 Å². The fourth-order valence-corrected chi connectivity index (χ4v) is 5.10. The van der Waals surface area contributed by atoms with Crippen molar-refractivity contribution >= 4 is 35.3 Å².